The van der Waals surface area contributed by atoms with Crippen molar-refractivity contribution in [2.45, 2.75) is 20.3 Å². The number of carbonyl (C=O) groups excluding carboxylic acids is 1. The molecular weight excluding hydrogens is 248 g/mol. The summed E-state index contributed by atoms with van der Waals surface area (Å²) < 4.78 is 1.56. The summed E-state index contributed by atoms with van der Waals surface area (Å²) >= 11 is 0. The van der Waals surface area contributed by atoms with Gasteiger partial charge < -0.3 is 10.4 Å². The lowest BCUT2D eigenvalue weighted by molar-refractivity contribution is -0.142. The van der Waals surface area contributed by atoms with Gasteiger partial charge in [0.15, 0.2) is 5.82 Å². The van der Waals surface area contributed by atoms with Crippen LogP contribution in [0.25, 0.3) is 0 Å². The van der Waals surface area contributed by atoms with Crippen molar-refractivity contribution < 1.29 is 14.7 Å². The molecule has 0 aliphatic heterocycles. The largest absolute Gasteiger partial charge is 0.481 e. The van der Waals surface area contributed by atoms with Gasteiger partial charge in [0.25, 0.3) is 0 Å². The molecule has 1 unspecified atom stereocenters. The lowest BCUT2D eigenvalue weighted by atomic mass is 9.97. The average Bonchev–Trinajstić information content (AvgIpc) is 2.69. The second kappa shape index (κ2) is 6.77. The van der Waals surface area contributed by atoms with Gasteiger partial charge in [-0.2, -0.15) is 5.10 Å². The van der Waals surface area contributed by atoms with Crippen LogP contribution in [0.15, 0.2) is 12.3 Å². The molecule has 0 spiro atoms. The number of amides is 2. The number of aliphatic carboxylic acids is 1. The summed E-state index contributed by atoms with van der Waals surface area (Å²) in [6.45, 7) is 4.00. The van der Waals surface area contributed by atoms with Crippen LogP contribution in [0.3, 0.4) is 0 Å². The molecule has 0 aromatic carbocycles. The quantitative estimate of drug-likeness (QED) is 0.724. The predicted molar refractivity (Wildman–Crippen MR) is 70.8 cm³/mol. The van der Waals surface area contributed by atoms with Gasteiger partial charge in [0, 0.05) is 25.9 Å². The van der Waals surface area contributed by atoms with Crippen LogP contribution in [-0.4, -0.2) is 33.4 Å². The Morgan fingerprint density at radius 1 is 1.47 bits per heavy atom. The second-order valence-electron chi connectivity index (χ2n) is 4.87. The van der Waals surface area contributed by atoms with E-state index < -0.39 is 17.9 Å². The van der Waals surface area contributed by atoms with E-state index in [1.807, 2.05) is 13.8 Å². The van der Waals surface area contributed by atoms with Gasteiger partial charge in [-0.15, -0.1) is 0 Å². The van der Waals surface area contributed by atoms with Crippen LogP contribution in [0.1, 0.15) is 20.3 Å². The Balaban J connectivity index is 2.41. The van der Waals surface area contributed by atoms with E-state index in [2.05, 4.69) is 15.7 Å². The van der Waals surface area contributed by atoms with Crippen molar-refractivity contribution in [2.75, 3.05) is 11.9 Å². The van der Waals surface area contributed by atoms with E-state index in [4.69, 9.17) is 5.11 Å². The molecule has 1 aromatic rings. The highest BCUT2D eigenvalue weighted by Crippen LogP contribution is 2.11. The first-order valence-electron chi connectivity index (χ1n) is 6.15. The van der Waals surface area contributed by atoms with Crippen molar-refractivity contribution in [3.05, 3.63) is 12.3 Å². The third-order valence-electron chi connectivity index (χ3n) is 2.57. The number of nitrogens with one attached hydrogen (secondary N) is 2. The van der Waals surface area contributed by atoms with Gasteiger partial charge >= 0.3 is 12.0 Å². The van der Waals surface area contributed by atoms with Crippen molar-refractivity contribution in [1.82, 2.24) is 15.1 Å². The van der Waals surface area contributed by atoms with Crippen LogP contribution in [0.2, 0.25) is 0 Å². The molecule has 1 atom stereocenters. The van der Waals surface area contributed by atoms with E-state index in [9.17, 15) is 9.59 Å². The molecule has 0 aliphatic rings. The third-order valence-corrected chi connectivity index (χ3v) is 2.57. The summed E-state index contributed by atoms with van der Waals surface area (Å²) in [5.74, 6) is -0.779. The lowest BCUT2D eigenvalue weighted by Gasteiger charge is -2.15. The van der Waals surface area contributed by atoms with Crippen LogP contribution in [0, 0.1) is 11.8 Å². The second-order valence-corrected chi connectivity index (χ2v) is 4.87. The molecule has 19 heavy (non-hydrogen) atoms. The fraction of sp³-hybridized carbons (Fsp3) is 0.583. The summed E-state index contributed by atoms with van der Waals surface area (Å²) in [5, 5.41) is 18.1. The van der Waals surface area contributed by atoms with Crippen molar-refractivity contribution in [1.29, 1.82) is 0 Å². The monoisotopic (exact) mass is 268 g/mol. The number of aromatic nitrogens is 2. The maximum Gasteiger partial charge on any atom is 0.320 e. The van der Waals surface area contributed by atoms with Crippen LogP contribution >= 0.6 is 0 Å². The van der Waals surface area contributed by atoms with E-state index >= 15 is 0 Å². The Morgan fingerprint density at radius 2 is 2.16 bits per heavy atom. The maximum atomic E-state index is 11.6. The molecule has 2 amide bonds. The smallest absolute Gasteiger partial charge is 0.320 e. The molecule has 0 fully saturated rings. The zero-order valence-electron chi connectivity index (χ0n) is 11.4. The summed E-state index contributed by atoms with van der Waals surface area (Å²) in [5.41, 5.74) is 0. The molecule has 0 radical (unpaired) electrons. The summed E-state index contributed by atoms with van der Waals surface area (Å²) in [4.78, 5) is 22.6. The first-order chi connectivity index (χ1) is 8.88. The van der Waals surface area contributed by atoms with E-state index in [-0.39, 0.29) is 12.5 Å². The van der Waals surface area contributed by atoms with Crippen molar-refractivity contribution in [2.24, 2.45) is 18.9 Å². The zero-order valence-corrected chi connectivity index (χ0v) is 11.4. The molecule has 1 heterocycles. The third kappa shape index (κ3) is 5.41. The highest BCUT2D eigenvalue weighted by molar-refractivity contribution is 5.88. The number of hydrogen-bond donors (Lipinski definition) is 3. The number of anilines is 1. The highest BCUT2D eigenvalue weighted by atomic mass is 16.4. The number of rotatable bonds is 6. The Hall–Kier alpha value is -2.05. The molecule has 1 aromatic heterocycles. The molecule has 0 saturated carbocycles. The van der Waals surface area contributed by atoms with Crippen LogP contribution in [0.5, 0.6) is 0 Å². The number of nitrogens with zero attached hydrogens (tertiary/aromatic N) is 2. The molecule has 0 bridgehead atoms. The van der Waals surface area contributed by atoms with Gasteiger partial charge in [0.1, 0.15) is 0 Å². The average molecular weight is 268 g/mol. The number of carboxylic acids is 1. The molecule has 1 rings (SSSR count). The fourth-order valence-electron chi connectivity index (χ4n) is 1.70. The normalized spacial score (nSPS) is 12.2. The molecule has 0 saturated heterocycles. The SMILES string of the molecule is CC(C)CC(CNC(=O)Nc1ccn(C)n1)C(=O)O. The van der Waals surface area contributed by atoms with E-state index in [1.54, 1.807) is 24.0 Å². The number of aryl methyl sites for hydroxylation is 1. The van der Waals surface area contributed by atoms with Gasteiger partial charge in [-0.3, -0.25) is 14.8 Å². The van der Waals surface area contributed by atoms with Gasteiger partial charge in [0.05, 0.1) is 5.92 Å². The zero-order chi connectivity index (χ0) is 14.4. The Labute approximate surface area is 112 Å². The summed E-state index contributed by atoms with van der Waals surface area (Å²) in [6, 6.07) is 1.20. The number of urea groups is 1. The molecule has 7 nitrogen and oxygen atoms in total. The van der Waals surface area contributed by atoms with E-state index in [0.29, 0.717) is 12.2 Å². The Bertz CT molecular complexity index is 442. The van der Waals surface area contributed by atoms with Crippen molar-refractivity contribution in [3.8, 4) is 0 Å². The van der Waals surface area contributed by atoms with Gasteiger partial charge in [-0.05, 0) is 12.3 Å². The predicted octanol–water partition coefficient (Wildman–Crippen LogP) is 1.29. The lowest BCUT2D eigenvalue weighted by Crippen LogP contribution is -2.36. The summed E-state index contributed by atoms with van der Waals surface area (Å²) in [6.07, 6.45) is 2.23. The first kappa shape index (κ1) is 15.0. The van der Waals surface area contributed by atoms with E-state index in [0.717, 1.165) is 0 Å². The fourth-order valence-corrected chi connectivity index (χ4v) is 1.70. The standard InChI is InChI=1S/C12H20N4O3/c1-8(2)6-9(11(17)18)7-13-12(19)14-10-4-5-16(3)15-10/h4-5,8-9H,6-7H2,1-3H3,(H,17,18)(H2,13,14,15,19). The molecule has 3 N–H and O–H groups in total. The highest BCUT2D eigenvalue weighted by Gasteiger charge is 2.19. The molecule has 0 aliphatic carbocycles. The van der Waals surface area contributed by atoms with Crippen LogP contribution in [0.4, 0.5) is 10.6 Å². The molecular formula is C12H20N4O3. The van der Waals surface area contributed by atoms with Crippen molar-refractivity contribution >= 4 is 17.8 Å². The maximum absolute atomic E-state index is 11.6. The topological polar surface area (TPSA) is 96.3 Å². The Kier molecular flexibility index (Phi) is 5.35. The van der Waals surface area contributed by atoms with E-state index in [1.165, 1.54) is 0 Å². The van der Waals surface area contributed by atoms with Crippen molar-refractivity contribution in [3.63, 3.8) is 0 Å². The van der Waals surface area contributed by atoms with Crippen LogP contribution in [-0.2, 0) is 11.8 Å². The molecule has 7 heteroatoms. The van der Waals surface area contributed by atoms with Gasteiger partial charge in [0.2, 0.25) is 0 Å². The minimum absolute atomic E-state index is 0.103. The number of carbonyl (C=O) groups is 2. The minimum atomic E-state index is -0.896. The summed E-state index contributed by atoms with van der Waals surface area (Å²) in [7, 11) is 1.74. The number of hydrogen-bond acceptors (Lipinski definition) is 3. The van der Waals surface area contributed by atoms with Crippen LogP contribution < -0.4 is 10.6 Å². The Morgan fingerprint density at radius 3 is 2.63 bits per heavy atom. The molecule has 106 valence electrons. The first-order valence-corrected chi connectivity index (χ1v) is 6.15. The minimum Gasteiger partial charge on any atom is -0.481 e. The van der Waals surface area contributed by atoms with Gasteiger partial charge in [-0.25, -0.2) is 4.79 Å². The van der Waals surface area contributed by atoms with Gasteiger partial charge in [-0.1, -0.05) is 13.8 Å². The number of carboxylic acid groups (broad SMARTS) is 1.